The lowest BCUT2D eigenvalue weighted by atomic mass is 9.92. The smallest absolute Gasteiger partial charge is 0.315 e. The molecule has 2 rings (SSSR count). The lowest BCUT2D eigenvalue weighted by molar-refractivity contribution is 0.225. The number of hydrogen-bond acceptors (Lipinski definition) is 2. The van der Waals surface area contributed by atoms with Crippen molar-refractivity contribution >= 4 is 23.2 Å². The molecule has 0 radical (unpaired) electrons. The number of rotatable bonds is 9. The maximum absolute atomic E-state index is 12.4. The molecule has 0 heterocycles. The summed E-state index contributed by atoms with van der Waals surface area (Å²) in [7, 11) is 0. The summed E-state index contributed by atoms with van der Waals surface area (Å²) in [6, 6.07) is 15.3. The number of nitrogens with one attached hydrogen (secondary N) is 4. The van der Waals surface area contributed by atoms with Crippen LogP contribution in [-0.4, -0.2) is 25.2 Å². The monoisotopic (exact) mass is 462 g/mol. The Morgan fingerprint density at radius 1 is 0.706 bits per heavy atom. The normalized spacial score (nSPS) is 11.4. The predicted molar refractivity (Wildman–Crippen MR) is 141 cm³/mol. The average Bonchev–Trinajstić information content (AvgIpc) is 2.76. The molecule has 0 fully saturated rings. The SMILES string of the molecule is C=C(C)c1cccc(C(C)(C)NC(=O)NCCNC(=O)NC(C)(C)c2cccc(C(=C)C)c2)c1. The topological polar surface area (TPSA) is 82.3 Å². The quantitative estimate of drug-likeness (QED) is 0.370. The Morgan fingerprint density at radius 3 is 1.38 bits per heavy atom. The van der Waals surface area contributed by atoms with E-state index in [1.807, 2.05) is 90.1 Å². The number of benzene rings is 2. The molecule has 6 nitrogen and oxygen atoms in total. The lowest BCUT2D eigenvalue weighted by Gasteiger charge is -2.28. The number of allylic oxidation sites excluding steroid dienone is 2. The maximum atomic E-state index is 12.4. The van der Waals surface area contributed by atoms with Crippen molar-refractivity contribution in [1.29, 1.82) is 0 Å². The summed E-state index contributed by atoms with van der Waals surface area (Å²) in [6.45, 7) is 20.2. The molecule has 0 aromatic heterocycles. The third-order valence-electron chi connectivity index (χ3n) is 5.70. The molecule has 0 bridgehead atoms. The summed E-state index contributed by atoms with van der Waals surface area (Å²) in [6.07, 6.45) is 0. The van der Waals surface area contributed by atoms with Crippen molar-refractivity contribution in [3.63, 3.8) is 0 Å². The van der Waals surface area contributed by atoms with E-state index in [0.717, 1.165) is 33.4 Å². The molecule has 0 atom stereocenters. The van der Waals surface area contributed by atoms with E-state index in [9.17, 15) is 9.59 Å². The van der Waals surface area contributed by atoms with Crippen LogP contribution in [-0.2, 0) is 11.1 Å². The molecule has 0 saturated carbocycles. The Bertz CT molecular complexity index is 984. The van der Waals surface area contributed by atoms with Gasteiger partial charge in [-0.2, -0.15) is 0 Å². The fourth-order valence-electron chi connectivity index (χ4n) is 3.50. The van der Waals surface area contributed by atoms with Gasteiger partial charge in [-0.3, -0.25) is 0 Å². The van der Waals surface area contributed by atoms with Gasteiger partial charge in [0.1, 0.15) is 0 Å². The average molecular weight is 463 g/mol. The molecule has 0 aliphatic rings. The predicted octanol–water partition coefficient (Wildman–Crippen LogP) is 5.52. The summed E-state index contributed by atoms with van der Waals surface area (Å²) in [5.41, 5.74) is 4.86. The molecule has 182 valence electrons. The summed E-state index contributed by atoms with van der Waals surface area (Å²) in [5, 5.41) is 11.6. The van der Waals surface area contributed by atoms with Crippen LogP contribution in [0.15, 0.2) is 61.7 Å². The van der Waals surface area contributed by atoms with E-state index in [1.54, 1.807) is 0 Å². The molecular formula is C28H38N4O2. The zero-order valence-corrected chi connectivity index (χ0v) is 21.3. The minimum Gasteiger partial charge on any atom is -0.336 e. The maximum Gasteiger partial charge on any atom is 0.315 e. The second-order valence-corrected chi connectivity index (χ2v) is 9.73. The highest BCUT2D eigenvalue weighted by Gasteiger charge is 2.24. The first-order valence-electron chi connectivity index (χ1n) is 11.5. The molecule has 0 aliphatic heterocycles. The van der Waals surface area contributed by atoms with Gasteiger partial charge in [-0.15, -0.1) is 0 Å². The number of carbonyl (C=O) groups is 2. The molecule has 2 aromatic carbocycles. The Balaban J connectivity index is 1.82. The van der Waals surface area contributed by atoms with Crippen LogP contribution in [0.3, 0.4) is 0 Å². The Labute approximate surface area is 203 Å². The third-order valence-corrected chi connectivity index (χ3v) is 5.70. The molecule has 4 N–H and O–H groups in total. The fourth-order valence-corrected chi connectivity index (χ4v) is 3.50. The van der Waals surface area contributed by atoms with Gasteiger partial charge >= 0.3 is 12.1 Å². The molecule has 0 spiro atoms. The van der Waals surface area contributed by atoms with Crippen LogP contribution in [0.1, 0.15) is 63.8 Å². The van der Waals surface area contributed by atoms with Crippen LogP contribution >= 0.6 is 0 Å². The van der Waals surface area contributed by atoms with Gasteiger partial charge in [0.25, 0.3) is 0 Å². The van der Waals surface area contributed by atoms with Crippen LogP contribution in [0.4, 0.5) is 9.59 Å². The number of urea groups is 2. The Kier molecular flexibility index (Phi) is 8.68. The molecule has 4 amide bonds. The van der Waals surface area contributed by atoms with Crippen molar-refractivity contribution < 1.29 is 9.59 Å². The largest absolute Gasteiger partial charge is 0.336 e. The fraction of sp³-hybridized carbons (Fsp3) is 0.357. The first-order valence-corrected chi connectivity index (χ1v) is 11.5. The third kappa shape index (κ3) is 7.51. The molecule has 34 heavy (non-hydrogen) atoms. The van der Waals surface area contributed by atoms with E-state index in [0.29, 0.717) is 13.1 Å². The van der Waals surface area contributed by atoms with Crippen molar-refractivity contribution in [2.75, 3.05) is 13.1 Å². The van der Waals surface area contributed by atoms with E-state index in [4.69, 9.17) is 0 Å². The van der Waals surface area contributed by atoms with Crippen molar-refractivity contribution in [3.05, 3.63) is 83.9 Å². The van der Waals surface area contributed by atoms with Crippen molar-refractivity contribution in [2.45, 2.75) is 52.6 Å². The van der Waals surface area contributed by atoms with Crippen molar-refractivity contribution in [1.82, 2.24) is 21.3 Å². The minimum atomic E-state index is -0.567. The standard InChI is InChI=1S/C28H38N4O2/c1-19(2)21-11-9-13-23(17-21)27(5,6)31-25(33)29-15-16-30-26(34)32-28(7,8)24-14-10-12-22(18-24)20(3)4/h9-14,17-18H,1,3,15-16H2,2,4-8H3,(H2,29,31,33)(H2,30,32,34). The molecule has 6 heteroatoms. The summed E-state index contributed by atoms with van der Waals surface area (Å²) in [4.78, 5) is 24.8. The highest BCUT2D eigenvalue weighted by molar-refractivity contribution is 5.76. The number of carbonyl (C=O) groups excluding carboxylic acids is 2. The molecule has 2 aromatic rings. The van der Waals surface area contributed by atoms with Crippen LogP contribution in [0, 0.1) is 0 Å². The second kappa shape index (κ2) is 11.1. The van der Waals surface area contributed by atoms with Crippen molar-refractivity contribution in [3.8, 4) is 0 Å². The van der Waals surface area contributed by atoms with Gasteiger partial charge in [0.05, 0.1) is 11.1 Å². The second-order valence-electron chi connectivity index (χ2n) is 9.73. The van der Waals surface area contributed by atoms with E-state index >= 15 is 0 Å². The van der Waals surface area contributed by atoms with Gasteiger partial charge < -0.3 is 21.3 Å². The van der Waals surface area contributed by atoms with Gasteiger partial charge in [0, 0.05) is 13.1 Å². The van der Waals surface area contributed by atoms with E-state index in [2.05, 4.69) is 34.4 Å². The first-order chi connectivity index (χ1) is 15.8. The number of hydrogen-bond donors (Lipinski definition) is 4. The van der Waals surface area contributed by atoms with Gasteiger partial charge in [-0.1, -0.05) is 60.7 Å². The first kappa shape index (κ1) is 26.7. The summed E-state index contributed by atoms with van der Waals surface area (Å²) < 4.78 is 0. The van der Waals surface area contributed by atoms with Crippen LogP contribution in [0.2, 0.25) is 0 Å². The summed E-state index contributed by atoms with van der Waals surface area (Å²) >= 11 is 0. The van der Waals surface area contributed by atoms with Crippen molar-refractivity contribution in [2.24, 2.45) is 0 Å². The van der Waals surface area contributed by atoms with E-state index in [-0.39, 0.29) is 12.1 Å². The zero-order chi connectivity index (χ0) is 25.5. The zero-order valence-electron chi connectivity index (χ0n) is 21.3. The Morgan fingerprint density at radius 2 is 1.06 bits per heavy atom. The minimum absolute atomic E-state index is 0.298. The number of amides is 4. The molecule has 0 aliphatic carbocycles. The van der Waals surface area contributed by atoms with Gasteiger partial charge in [0.2, 0.25) is 0 Å². The van der Waals surface area contributed by atoms with E-state index < -0.39 is 11.1 Å². The molecule has 0 unspecified atom stereocenters. The Hall–Kier alpha value is -3.54. The van der Waals surface area contributed by atoms with Gasteiger partial charge in [-0.25, -0.2) is 9.59 Å². The molecular weight excluding hydrogens is 424 g/mol. The highest BCUT2D eigenvalue weighted by Crippen LogP contribution is 2.24. The van der Waals surface area contributed by atoms with Crippen LogP contribution in [0.5, 0.6) is 0 Å². The van der Waals surface area contributed by atoms with Crippen LogP contribution < -0.4 is 21.3 Å². The molecule has 0 saturated heterocycles. The van der Waals surface area contributed by atoms with Gasteiger partial charge in [0.15, 0.2) is 0 Å². The van der Waals surface area contributed by atoms with E-state index in [1.165, 1.54) is 0 Å². The lowest BCUT2D eigenvalue weighted by Crippen LogP contribution is -2.50. The van der Waals surface area contributed by atoms with Gasteiger partial charge in [-0.05, 0) is 75.9 Å². The van der Waals surface area contributed by atoms with Crippen LogP contribution in [0.25, 0.3) is 11.1 Å². The highest BCUT2D eigenvalue weighted by atomic mass is 16.2. The summed E-state index contributed by atoms with van der Waals surface area (Å²) in [5.74, 6) is 0.